The lowest BCUT2D eigenvalue weighted by Gasteiger charge is -2.34. The minimum absolute atomic E-state index is 0.103. The number of hydrogen-bond acceptors (Lipinski definition) is 2. The summed E-state index contributed by atoms with van der Waals surface area (Å²) < 4.78 is 5.74. The summed E-state index contributed by atoms with van der Waals surface area (Å²) in [5.74, 6) is 0.583. The van der Waals surface area contributed by atoms with Crippen LogP contribution in [-0.4, -0.2) is 36.1 Å². The normalized spacial score (nSPS) is 19.4. The Hall–Kier alpha value is -2.00. The topological polar surface area (TPSA) is 29.5 Å². The van der Waals surface area contributed by atoms with Gasteiger partial charge in [-0.3, -0.25) is 0 Å². The molecule has 1 heterocycles. The zero-order valence-corrected chi connectivity index (χ0v) is 14.9. The third kappa shape index (κ3) is 3.02. The molecule has 3 nitrogen and oxygen atoms in total. The summed E-state index contributed by atoms with van der Waals surface area (Å²) in [6.45, 7) is 1.12. The molecule has 0 radical (unpaired) electrons. The van der Waals surface area contributed by atoms with Gasteiger partial charge in [0.15, 0.2) is 0 Å². The Labute approximate surface area is 153 Å². The molecule has 4 rings (SSSR count). The fraction of sp³-hybridized carbons (Fsp3) is 0.381. The standard InChI is InChI=1S/C21H22ClNO2/c22-13-15-7-5-6-12-23(15)21(24)25-14-20-18-10-3-1-8-16(18)17-9-2-4-11-19(17)20/h1-4,8-11,15,20H,5-7,12-14H2. The maximum Gasteiger partial charge on any atom is 0.410 e. The highest BCUT2D eigenvalue weighted by Crippen LogP contribution is 2.44. The Morgan fingerprint density at radius 1 is 1.04 bits per heavy atom. The largest absolute Gasteiger partial charge is 0.448 e. The molecular formula is C21H22ClNO2. The predicted molar refractivity (Wildman–Crippen MR) is 100 cm³/mol. The van der Waals surface area contributed by atoms with Gasteiger partial charge in [-0.25, -0.2) is 4.79 Å². The third-order valence-corrected chi connectivity index (χ3v) is 5.73. The zero-order valence-electron chi connectivity index (χ0n) is 14.2. The Morgan fingerprint density at radius 2 is 1.68 bits per heavy atom. The van der Waals surface area contributed by atoms with E-state index in [1.54, 1.807) is 0 Å². The molecule has 2 aliphatic rings. The van der Waals surface area contributed by atoms with Gasteiger partial charge in [0.2, 0.25) is 0 Å². The van der Waals surface area contributed by atoms with Crippen LogP contribution in [0.25, 0.3) is 11.1 Å². The van der Waals surface area contributed by atoms with Crippen LogP contribution in [0.2, 0.25) is 0 Å². The number of carbonyl (C=O) groups is 1. The molecule has 130 valence electrons. The molecule has 1 fully saturated rings. The van der Waals surface area contributed by atoms with Gasteiger partial charge >= 0.3 is 6.09 Å². The van der Waals surface area contributed by atoms with E-state index < -0.39 is 0 Å². The average molecular weight is 356 g/mol. The molecule has 2 aromatic rings. The van der Waals surface area contributed by atoms with Gasteiger partial charge in [0.25, 0.3) is 0 Å². The third-order valence-electron chi connectivity index (χ3n) is 5.38. The van der Waals surface area contributed by atoms with Gasteiger partial charge in [-0.1, -0.05) is 48.5 Å². The van der Waals surface area contributed by atoms with E-state index in [4.69, 9.17) is 16.3 Å². The van der Waals surface area contributed by atoms with Crippen molar-refractivity contribution in [3.63, 3.8) is 0 Å². The molecule has 1 aliphatic heterocycles. The number of halogens is 1. The molecule has 1 unspecified atom stereocenters. The van der Waals surface area contributed by atoms with E-state index in [-0.39, 0.29) is 18.1 Å². The second-order valence-corrected chi connectivity index (χ2v) is 7.11. The van der Waals surface area contributed by atoms with Crippen LogP contribution >= 0.6 is 11.6 Å². The van der Waals surface area contributed by atoms with Crippen LogP contribution < -0.4 is 0 Å². The van der Waals surface area contributed by atoms with E-state index >= 15 is 0 Å². The molecule has 0 saturated carbocycles. The van der Waals surface area contributed by atoms with Crippen molar-refractivity contribution >= 4 is 17.7 Å². The number of benzene rings is 2. The van der Waals surface area contributed by atoms with Crippen molar-refractivity contribution in [2.45, 2.75) is 31.2 Å². The maximum atomic E-state index is 12.6. The second-order valence-electron chi connectivity index (χ2n) is 6.80. The van der Waals surface area contributed by atoms with Gasteiger partial charge in [-0.05, 0) is 41.5 Å². The lowest BCUT2D eigenvalue weighted by atomic mass is 9.98. The van der Waals surface area contributed by atoms with Crippen LogP contribution in [-0.2, 0) is 4.74 Å². The molecule has 1 aliphatic carbocycles. The molecule has 0 bridgehead atoms. The lowest BCUT2D eigenvalue weighted by molar-refractivity contribution is 0.0760. The van der Waals surface area contributed by atoms with Gasteiger partial charge in [-0.2, -0.15) is 0 Å². The predicted octanol–water partition coefficient (Wildman–Crippen LogP) is 5.03. The summed E-state index contributed by atoms with van der Waals surface area (Å²) in [4.78, 5) is 14.4. The monoisotopic (exact) mass is 355 g/mol. The fourth-order valence-electron chi connectivity index (χ4n) is 4.08. The van der Waals surface area contributed by atoms with E-state index in [1.165, 1.54) is 22.3 Å². The van der Waals surface area contributed by atoms with Crippen molar-refractivity contribution in [1.29, 1.82) is 0 Å². The SMILES string of the molecule is O=C(OCC1c2ccccc2-c2ccccc21)N1CCCCC1CCl. The molecule has 0 N–H and O–H groups in total. The van der Waals surface area contributed by atoms with Crippen molar-refractivity contribution < 1.29 is 9.53 Å². The van der Waals surface area contributed by atoms with E-state index in [0.717, 1.165) is 25.8 Å². The summed E-state index contributed by atoms with van der Waals surface area (Å²) >= 11 is 6.03. The number of likely N-dealkylation sites (tertiary alicyclic amines) is 1. The first-order valence-electron chi connectivity index (χ1n) is 8.97. The molecule has 25 heavy (non-hydrogen) atoms. The number of piperidine rings is 1. The van der Waals surface area contributed by atoms with Crippen LogP contribution in [0, 0.1) is 0 Å². The second kappa shape index (κ2) is 7.09. The Kier molecular flexibility index (Phi) is 4.67. The number of carbonyl (C=O) groups excluding carboxylic acids is 1. The highest BCUT2D eigenvalue weighted by atomic mass is 35.5. The summed E-state index contributed by atoms with van der Waals surface area (Å²) in [6.07, 6.45) is 2.89. The summed E-state index contributed by atoms with van der Waals surface area (Å²) in [5.41, 5.74) is 4.97. The fourth-order valence-corrected chi connectivity index (χ4v) is 4.40. The summed E-state index contributed by atoms with van der Waals surface area (Å²) in [5, 5.41) is 0. The quantitative estimate of drug-likeness (QED) is 0.723. The summed E-state index contributed by atoms with van der Waals surface area (Å²) in [6, 6.07) is 16.9. The average Bonchev–Trinajstić information content (AvgIpc) is 3.00. The van der Waals surface area contributed by atoms with E-state index in [9.17, 15) is 4.79 Å². The van der Waals surface area contributed by atoms with E-state index in [2.05, 4.69) is 36.4 Å². The van der Waals surface area contributed by atoms with Crippen LogP contribution in [0.4, 0.5) is 4.79 Å². The zero-order chi connectivity index (χ0) is 17.2. The molecule has 0 spiro atoms. The van der Waals surface area contributed by atoms with Crippen LogP contribution in [0.15, 0.2) is 48.5 Å². The highest BCUT2D eigenvalue weighted by Gasteiger charge is 2.31. The first kappa shape index (κ1) is 16.5. The first-order chi connectivity index (χ1) is 12.3. The van der Waals surface area contributed by atoms with Crippen LogP contribution in [0.5, 0.6) is 0 Å². The van der Waals surface area contributed by atoms with Crippen LogP contribution in [0.3, 0.4) is 0 Å². The van der Waals surface area contributed by atoms with E-state index in [1.807, 2.05) is 17.0 Å². The van der Waals surface area contributed by atoms with Gasteiger partial charge < -0.3 is 9.64 Å². The first-order valence-corrected chi connectivity index (χ1v) is 9.50. The number of amides is 1. The van der Waals surface area contributed by atoms with Gasteiger partial charge in [0.1, 0.15) is 6.61 Å². The molecule has 4 heteroatoms. The van der Waals surface area contributed by atoms with Crippen molar-refractivity contribution in [3.05, 3.63) is 59.7 Å². The lowest BCUT2D eigenvalue weighted by Crippen LogP contribution is -2.45. The van der Waals surface area contributed by atoms with Gasteiger partial charge in [0, 0.05) is 24.4 Å². The number of ether oxygens (including phenoxy) is 1. The van der Waals surface area contributed by atoms with Crippen LogP contribution in [0.1, 0.15) is 36.3 Å². The molecular weight excluding hydrogens is 334 g/mol. The minimum atomic E-state index is -0.229. The van der Waals surface area contributed by atoms with Gasteiger partial charge in [-0.15, -0.1) is 11.6 Å². The van der Waals surface area contributed by atoms with Crippen molar-refractivity contribution in [2.24, 2.45) is 0 Å². The number of nitrogens with zero attached hydrogens (tertiary/aromatic N) is 1. The number of rotatable bonds is 3. The molecule has 1 atom stereocenters. The number of fused-ring (bicyclic) bond motifs is 3. The summed E-state index contributed by atoms with van der Waals surface area (Å²) in [7, 11) is 0. The molecule has 2 aromatic carbocycles. The number of hydrogen-bond donors (Lipinski definition) is 0. The maximum absolute atomic E-state index is 12.6. The highest BCUT2D eigenvalue weighted by molar-refractivity contribution is 6.18. The molecule has 0 aromatic heterocycles. The molecule has 1 saturated heterocycles. The van der Waals surface area contributed by atoms with Crippen molar-refractivity contribution in [2.75, 3.05) is 19.0 Å². The van der Waals surface area contributed by atoms with E-state index in [0.29, 0.717) is 12.5 Å². The van der Waals surface area contributed by atoms with Crippen molar-refractivity contribution in [1.82, 2.24) is 4.90 Å². The Morgan fingerprint density at radius 3 is 2.32 bits per heavy atom. The van der Waals surface area contributed by atoms with Crippen molar-refractivity contribution in [3.8, 4) is 11.1 Å². The smallest absolute Gasteiger partial charge is 0.410 e. The molecule has 1 amide bonds. The minimum Gasteiger partial charge on any atom is -0.448 e. The Balaban J connectivity index is 1.52. The Bertz CT molecular complexity index is 730. The number of alkyl halides is 1. The van der Waals surface area contributed by atoms with Gasteiger partial charge in [0.05, 0.1) is 0 Å².